The first-order chi connectivity index (χ1) is 8.04. The molecule has 0 aromatic rings. The largest absolute Gasteiger partial charge is 0.478 e. The van der Waals surface area contributed by atoms with Gasteiger partial charge >= 0.3 is 11.9 Å². The molecule has 0 aromatic heterocycles. The van der Waals surface area contributed by atoms with Gasteiger partial charge in [-0.25, -0.2) is 4.79 Å². The van der Waals surface area contributed by atoms with E-state index >= 15 is 0 Å². The van der Waals surface area contributed by atoms with Crippen LogP contribution in [0.15, 0.2) is 12.7 Å². The van der Waals surface area contributed by atoms with Crippen LogP contribution in [0.1, 0.15) is 52.4 Å². The summed E-state index contributed by atoms with van der Waals surface area (Å²) in [5.74, 6) is -1.19. The van der Waals surface area contributed by atoms with Crippen molar-refractivity contribution in [2.24, 2.45) is 0 Å². The minimum atomic E-state index is -0.981. The summed E-state index contributed by atoms with van der Waals surface area (Å²) in [6.07, 6.45) is 9.83. The molecule has 100 valence electrons. The van der Waals surface area contributed by atoms with Crippen LogP contribution in [0.4, 0.5) is 0 Å². The molecular weight excluding hydrogens is 220 g/mol. The van der Waals surface area contributed by atoms with Crippen molar-refractivity contribution in [1.29, 1.82) is 0 Å². The SMILES string of the molecule is C1CCCCC1.C=CC(=O)O.CCOC(C)=O. The molecule has 1 aliphatic carbocycles. The third kappa shape index (κ3) is 25.2. The molecule has 0 amide bonds. The number of carbonyl (C=O) groups excluding carboxylic acids is 1. The van der Waals surface area contributed by atoms with Gasteiger partial charge in [0.2, 0.25) is 0 Å². The van der Waals surface area contributed by atoms with Gasteiger partial charge in [0, 0.05) is 13.0 Å². The molecule has 1 fully saturated rings. The van der Waals surface area contributed by atoms with E-state index in [1.54, 1.807) is 6.92 Å². The van der Waals surface area contributed by atoms with Gasteiger partial charge in [-0.05, 0) is 6.92 Å². The van der Waals surface area contributed by atoms with E-state index in [0.717, 1.165) is 6.08 Å². The number of aliphatic carboxylic acids is 1. The number of esters is 1. The summed E-state index contributed by atoms with van der Waals surface area (Å²) in [6.45, 7) is 6.61. The van der Waals surface area contributed by atoms with E-state index in [-0.39, 0.29) is 5.97 Å². The van der Waals surface area contributed by atoms with Crippen molar-refractivity contribution in [3.63, 3.8) is 0 Å². The molecule has 0 heterocycles. The van der Waals surface area contributed by atoms with Crippen LogP contribution in [0.3, 0.4) is 0 Å². The Morgan fingerprint density at radius 3 is 1.53 bits per heavy atom. The zero-order chi connectivity index (χ0) is 13.5. The normalized spacial score (nSPS) is 13.1. The van der Waals surface area contributed by atoms with Crippen molar-refractivity contribution >= 4 is 11.9 Å². The summed E-state index contributed by atoms with van der Waals surface area (Å²) in [4.78, 5) is 19.1. The summed E-state index contributed by atoms with van der Waals surface area (Å²) in [7, 11) is 0. The highest BCUT2D eigenvalue weighted by molar-refractivity contribution is 5.78. The maximum Gasteiger partial charge on any atom is 0.327 e. The molecule has 17 heavy (non-hydrogen) atoms. The first kappa shape index (κ1) is 18.1. The Balaban J connectivity index is 0. The first-order valence-corrected chi connectivity index (χ1v) is 6.03. The Bertz CT molecular complexity index is 196. The second kappa shape index (κ2) is 14.7. The first-order valence-electron chi connectivity index (χ1n) is 6.03. The quantitative estimate of drug-likeness (QED) is 0.598. The van der Waals surface area contributed by atoms with Gasteiger partial charge in [-0.3, -0.25) is 4.79 Å². The standard InChI is InChI=1S/C6H12.C4H8O2.C3H4O2/c1-2-4-6-5-3-1;1-3-6-4(2)5;1-2-3(4)5/h1-6H2;3H2,1-2H3;2H,1H2,(H,4,5). The fourth-order valence-corrected chi connectivity index (χ4v) is 1.26. The second-order valence-electron chi connectivity index (χ2n) is 3.59. The number of carboxylic acids is 1. The van der Waals surface area contributed by atoms with E-state index in [1.165, 1.54) is 45.4 Å². The maximum absolute atomic E-state index is 9.82. The number of carboxylic acid groups (broad SMARTS) is 1. The predicted molar refractivity (Wildman–Crippen MR) is 67.8 cm³/mol. The molecule has 0 saturated heterocycles. The van der Waals surface area contributed by atoms with Gasteiger partial charge in [-0.1, -0.05) is 45.1 Å². The lowest BCUT2D eigenvalue weighted by atomic mass is 10.0. The lowest BCUT2D eigenvalue weighted by molar-refractivity contribution is -0.140. The lowest BCUT2D eigenvalue weighted by Crippen LogP contribution is -1.95. The van der Waals surface area contributed by atoms with Crippen molar-refractivity contribution in [2.45, 2.75) is 52.4 Å². The van der Waals surface area contributed by atoms with E-state index < -0.39 is 5.97 Å². The molecule has 1 aliphatic rings. The smallest absolute Gasteiger partial charge is 0.327 e. The zero-order valence-electron chi connectivity index (χ0n) is 10.9. The van der Waals surface area contributed by atoms with Crippen LogP contribution in [0, 0.1) is 0 Å². The molecule has 1 N–H and O–H groups in total. The van der Waals surface area contributed by atoms with E-state index in [4.69, 9.17) is 5.11 Å². The van der Waals surface area contributed by atoms with Crippen LogP contribution in [0.2, 0.25) is 0 Å². The summed E-state index contributed by atoms with van der Waals surface area (Å²) in [6, 6.07) is 0. The second-order valence-corrected chi connectivity index (χ2v) is 3.59. The Morgan fingerprint density at radius 2 is 1.47 bits per heavy atom. The molecule has 0 unspecified atom stereocenters. The number of rotatable bonds is 2. The topological polar surface area (TPSA) is 63.6 Å². The molecule has 0 spiro atoms. The third-order valence-corrected chi connectivity index (χ3v) is 2.02. The molecule has 0 radical (unpaired) electrons. The van der Waals surface area contributed by atoms with Crippen LogP contribution in [-0.2, 0) is 14.3 Å². The minimum absolute atomic E-state index is 0.211. The van der Waals surface area contributed by atoms with Crippen molar-refractivity contribution in [3.8, 4) is 0 Å². The van der Waals surface area contributed by atoms with Crippen LogP contribution in [0.5, 0.6) is 0 Å². The van der Waals surface area contributed by atoms with Crippen LogP contribution in [0.25, 0.3) is 0 Å². The van der Waals surface area contributed by atoms with Crippen LogP contribution in [-0.4, -0.2) is 23.7 Å². The molecule has 0 atom stereocenters. The van der Waals surface area contributed by atoms with Crippen molar-refractivity contribution in [2.75, 3.05) is 6.61 Å². The van der Waals surface area contributed by atoms with Crippen molar-refractivity contribution < 1.29 is 19.4 Å². The van der Waals surface area contributed by atoms with E-state index in [2.05, 4.69) is 11.3 Å². The minimum Gasteiger partial charge on any atom is -0.478 e. The fourth-order valence-electron chi connectivity index (χ4n) is 1.26. The van der Waals surface area contributed by atoms with Gasteiger partial charge in [0.15, 0.2) is 0 Å². The highest BCUT2D eigenvalue weighted by atomic mass is 16.5. The maximum atomic E-state index is 9.82. The Hall–Kier alpha value is -1.32. The molecule has 0 aliphatic heterocycles. The Kier molecular flexibility index (Phi) is 15.6. The Morgan fingerprint density at radius 1 is 1.18 bits per heavy atom. The monoisotopic (exact) mass is 244 g/mol. The van der Waals surface area contributed by atoms with Crippen molar-refractivity contribution in [1.82, 2.24) is 0 Å². The van der Waals surface area contributed by atoms with Gasteiger partial charge in [-0.15, -0.1) is 0 Å². The van der Waals surface area contributed by atoms with Crippen molar-refractivity contribution in [3.05, 3.63) is 12.7 Å². The van der Waals surface area contributed by atoms with E-state index in [0.29, 0.717) is 6.61 Å². The fraction of sp³-hybridized carbons (Fsp3) is 0.692. The zero-order valence-corrected chi connectivity index (χ0v) is 10.9. The molecule has 1 rings (SSSR count). The lowest BCUT2D eigenvalue weighted by Gasteiger charge is -2.05. The molecule has 0 aromatic carbocycles. The van der Waals surface area contributed by atoms with Gasteiger partial charge in [-0.2, -0.15) is 0 Å². The summed E-state index contributed by atoms with van der Waals surface area (Å²) in [5, 5.41) is 7.60. The highest BCUT2D eigenvalue weighted by Crippen LogP contribution is 2.15. The van der Waals surface area contributed by atoms with E-state index in [9.17, 15) is 9.59 Å². The van der Waals surface area contributed by atoms with Crippen LogP contribution < -0.4 is 0 Å². The van der Waals surface area contributed by atoms with Crippen LogP contribution >= 0.6 is 0 Å². The molecule has 0 bridgehead atoms. The Labute approximate surface area is 104 Å². The highest BCUT2D eigenvalue weighted by Gasteiger charge is 1.95. The van der Waals surface area contributed by atoms with E-state index in [1.807, 2.05) is 0 Å². The number of hydrogen-bond acceptors (Lipinski definition) is 3. The number of hydrogen-bond donors (Lipinski definition) is 1. The van der Waals surface area contributed by atoms with Gasteiger partial charge in [0.1, 0.15) is 0 Å². The third-order valence-electron chi connectivity index (χ3n) is 2.02. The number of carbonyl (C=O) groups is 2. The molecule has 1 saturated carbocycles. The van der Waals surface area contributed by atoms with Gasteiger partial charge in [0.05, 0.1) is 6.61 Å². The predicted octanol–water partition coefficient (Wildman–Crippen LogP) is 3.17. The molecular formula is C13H24O4. The summed E-state index contributed by atoms with van der Waals surface area (Å²) >= 11 is 0. The van der Waals surface area contributed by atoms with Gasteiger partial charge < -0.3 is 9.84 Å². The molecule has 4 nitrogen and oxygen atoms in total. The summed E-state index contributed by atoms with van der Waals surface area (Å²) in [5.41, 5.74) is 0. The average molecular weight is 244 g/mol. The number of ether oxygens (including phenoxy) is 1. The average Bonchev–Trinajstić information content (AvgIpc) is 2.32. The van der Waals surface area contributed by atoms with Gasteiger partial charge in [0.25, 0.3) is 0 Å². The molecule has 4 heteroatoms. The summed E-state index contributed by atoms with van der Waals surface area (Å²) < 4.78 is 4.40.